The Morgan fingerprint density at radius 3 is 2.31 bits per heavy atom. The highest BCUT2D eigenvalue weighted by Crippen LogP contribution is 2.29. The molecule has 0 radical (unpaired) electrons. The molecule has 5 N–H and O–H groups in total. The summed E-state index contributed by atoms with van der Waals surface area (Å²) in [5, 5.41) is 23.3. The van der Waals surface area contributed by atoms with E-state index in [4.69, 9.17) is 9.47 Å². The van der Waals surface area contributed by atoms with Crippen LogP contribution in [0.25, 0.3) is 21.7 Å². The number of piperazine rings is 1. The van der Waals surface area contributed by atoms with Gasteiger partial charge in [0, 0.05) is 99.9 Å². The number of likely N-dealkylation sites (tertiary alicyclic amines) is 1. The number of hydrogen-bond acceptors (Lipinski definition) is 15. The molecule has 2 fully saturated rings. The minimum absolute atomic E-state index is 0.0642. The first-order valence-electron chi connectivity index (χ1n) is 26.3. The second kappa shape index (κ2) is 26.9. The quantitative estimate of drug-likeness (QED) is 0.0408. The van der Waals surface area contributed by atoms with Crippen molar-refractivity contribution in [3.63, 3.8) is 0 Å². The third-order valence-corrected chi connectivity index (χ3v) is 14.7. The van der Waals surface area contributed by atoms with Crippen molar-refractivity contribution in [2.24, 2.45) is 5.41 Å². The molecule has 3 aromatic heterocycles. The van der Waals surface area contributed by atoms with Crippen molar-refractivity contribution in [1.29, 1.82) is 0 Å². The van der Waals surface area contributed by atoms with E-state index in [1.807, 2.05) is 130 Å². The van der Waals surface area contributed by atoms with Gasteiger partial charge < -0.3 is 45.6 Å². The minimum atomic E-state index is -0.785. The van der Waals surface area contributed by atoms with Gasteiger partial charge in [-0.25, -0.2) is 15.0 Å². The first kappa shape index (κ1) is 56.2. The average Bonchev–Trinajstić information content (AvgIpc) is 4.07. The van der Waals surface area contributed by atoms with E-state index in [0.717, 1.165) is 62.9 Å². The number of hydrogen-bond donors (Lipinski definition) is 5. The highest BCUT2D eigenvalue weighted by atomic mass is 32.1. The largest absolute Gasteiger partial charge is 0.391 e. The first-order valence-corrected chi connectivity index (χ1v) is 27.2. The van der Waals surface area contributed by atoms with Gasteiger partial charge in [-0.3, -0.25) is 29.1 Å². The fourth-order valence-corrected chi connectivity index (χ4v) is 10.2. The van der Waals surface area contributed by atoms with Gasteiger partial charge in [0.1, 0.15) is 6.04 Å². The molecule has 406 valence electrons. The number of aliphatic hydroxyl groups excluding tert-OH is 1. The van der Waals surface area contributed by atoms with E-state index in [0.29, 0.717) is 89.2 Å². The first-order chi connectivity index (χ1) is 37.2. The van der Waals surface area contributed by atoms with Gasteiger partial charge in [0.25, 0.3) is 5.91 Å². The summed E-state index contributed by atoms with van der Waals surface area (Å²) in [4.78, 5) is 78.1. The molecule has 6 aromatic rings. The van der Waals surface area contributed by atoms with E-state index >= 15 is 0 Å². The topological polar surface area (TPSA) is 216 Å². The lowest BCUT2D eigenvalue weighted by Crippen LogP contribution is -2.56. The fourth-order valence-electron chi connectivity index (χ4n) is 9.38. The van der Waals surface area contributed by atoms with Crippen LogP contribution in [0, 0.1) is 19.3 Å². The lowest BCUT2D eigenvalue weighted by atomic mass is 9.85. The smallest absolute Gasteiger partial charge is 0.255 e. The minimum Gasteiger partial charge on any atom is -0.391 e. The number of ether oxygens (including phenoxy) is 2. The molecule has 19 heteroatoms. The molecule has 3 aromatic carbocycles. The molecule has 1 unspecified atom stereocenters. The van der Waals surface area contributed by atoms with Gasteiger partial charge in [0.2, 0.25) is 23.7 Å². The maximum Gasteiger partial charge on any atom is 0.255 e. The molecule has 18 nitrogen and oxygen atoms in total. The van der Waals surface area contributed by atoms with Gasteiger partial charge in [0.05, 0.1) is 60.2 Å². The maximum atomic E-state index is 14.0. The predicted octanol–water partition coefficient (Wildman–Crippen LogP) is 7.01. The number of carbonyl (C=O) groups is 4. The number of aliphatic hydroxyl groups is 1. The summed E-state index contributed by atoms with van der Waals surface area (Å²) in [6.07, 6.45) is 5.51. The van der Waals surface area contributed by atoms with Crippen molar-refractivity contribution >= 4 is 52.3 Å². The second-order valence-electron chi connectivity index (χ2n) is 20.6. The summed E-state index contributed by atoms with van der Waals surface area (Å²) < 4.78 is 11.5. The number of carbonyl (C=O) groups excluding carboxylic acids is 4. The number of anilines is 3. The van der Waals surface area contributed by atoms with E-state index in [2.05, 4.69) is 46.1 Å². The number of aryl methyl sites for hydroxylation is 2. The Morgan fingerprint density at radius 2 is 1.60 bits per heavy atom. The molecule has 0 spiro atoms. The van der Waals surface area contributed by atoms with Crippen LogP contribution in [0.2, 0.25) is 0 Å². The molecule has 3 atom stereocenters. The van der Waals surface area contributed by atoms with Crippen LogP contribution < -0.4 is 21.3 Å². The maximum absolute atomic E-state index is 14.0. The molecule has 4 amide bonds. The van der Waals surface area contributed by atoms with E-state index < -0.39 is 23.6 Å². The number of nitrogens with zero attached hydrogens (tertiary/aromatic N) is 7. The molecular weight excluding hydrogens is 995 g/mol. The van der Waals surface area contributed by atoms with Crippen LogP contribution in [0.1, 0.15) is 72.8 Å². The summed E-state index contributed by atoms with van der Waals surface area (Å²) in [6, 6.07) is 25.6. The van der Waals surface area contributed by atoms with Crippen molar-refractivity contribution < 1.29 is 33.8 Å². The van der Waals surface area contributed by atoms with Gasteiger partial charge in [0.15, 0.2) is 0 Å². The van der Waals surface area contributed by atoms with E-state index in [-0.39, 0.29) is 36.6 Å². The summed E-state index contributed by atoms with van der Waals surface area (Å²) in [6.45, 7) is 15.8. The number of β-amino-alcohol motifs (C(OH)–C–C–N with tert-alkyl or cyclic N) is 1. The van der Waals surface area contributed by atoms with Crippen LogP contribution >= 0.6 is 11.3 Å². The van der Waals surface area contributed by atoms with Gasteiger partial charge in [-0.05, 0) is 96.9 Å². The van der Waals surface area contributed by atoms with Gasteiger partial charge in [-0.2, -0.15) is 0 Å². The Balaban J connectivity index is 0.676. The molecular formula is C58H71N11O7S. The van der Waals surface area contributed by atoms with Gasteiger partial charge >= 0.3 is 0 Å². The predicted molar refractivity (Wildman–Crippen MR) is 298 cm³/mol. The summed E-state index contributed by atoms with van der Waals surface area (Å²) in [7, 11) is 0. The van der Waals surface area contributed by atoms with Crippen LogP contribution in [-0.2, 0) is 36.9 Å². The molecule has 2 aliphatic heterocycles. The Morgan fingerprint density at radius 1 is 0.844 bits per heavy atom. The number of benzene rings is 3. The monoisotopic (exact) mass is 1070 g/mol. The van der Waals surface area contributed by atoms with Crippen LogP contribution in [0.4, 0.5) is 17.3 Å². The standard InChI is InChI=1S/C58H71N11O7S/c1-39-9-18-46(32-49(39)66-57-61-23-19-48(65-57)45-8-6-21-59-35-45)64-54(72)44-16-12-42(13-17-44)36-67-24-26-68(27-25-67)51(71)20-29-76-31-30-75-28-7-22-60-53(58(3,4)5)56(74)69-37-47(70)33-50(69)55(73)62-34-41-10-14-43(15-11-41)52-40(2)63-38-77-52/h6,8-19,21,23,32,35,38,47,50,53,60,70H,7,20,22,24-31,33-34,36-37H2,1-5H3,(H,62,73)(H,64,72)(H,61,65,66)/t47-,50+,53?/m1/s1. The number of pyridine rings is 1. The number of amides is 4. The lowest BCUT2D eigenvalue weighted by molar-refractivity contribution is -0.142. The number of nitrogens with one attached hydrogen (secondary N) is 4. The third kappa shape index (κ3) is 15.8. The number of aromatic nitrogens is 4. The van der Waals surface area contributed by atoms with Crippen LogP contribution in [0.5, 0.6) is 0 Å². The van der Waals surface area contributed by atoms with Crippen molar-refractivity contribution in [2.45, 2.75) is 85.2 Å². The molecule has 2 aliphatic rings. The SMILES string of the molecule is Cc1ccc(NC(=O)c2ccc(CN3CCN(C(=O)CCOCCOCCCNC(C(=O)N4C[C@H](O)C[C@H]4C(=O)NCc4ccc(-c5scnc5C)cc4)C(C)(C)C)CC3)cc2)cc1Nc1nccc(-c2cccnc2)n1. The Labute approximate surface area is 455 Å². The third-order valence-electron chi connectivity index (χ3n) is 13.8. The Bertz CT molecular complexity index is 2910. The van der Waals surface area contributed by atoms with Crippen molar-refractivity contribution in [1.82, 2.24) is 45.3 Å². The summed E-state index contributed by atoms with van der Waals surface area (Å²) in [5.74, 6) is -0.213. The van der Waals surface area contributed by atoms with Crippen LogP contribution in [-0.4, -0.2) is 147 Å². The molecule has 0 saturated carbocycles. The van der Waals surface area contributed by atoms with E-state index in [1.165, 1.54) is 4.90 Å². The Hall–Kier alpha value is -7.00. The molecule has 8 rings (SSSR count). The zero-order valence-electron chi connectivity index (χ0n) is 44.7. The zero-order valence-corrected chi connectivity index (χ0v) is 45.5. The summed E-state index contributed by atoms with van der Waals surface area (Å²) >= 11 is 1.59. The van der Waals surface area contributed by atoms with Gasteiger partial charge in [-0.15, -0.1) is 11.3 Å². The Kier molecular flexibility index (Phi) is 19.6. The lowest BCUT2D eigenvalue weighted by Gasteiger charge is -2.35. The molecule has 77 heavy (non-hydrogen) atoms. The van der Waals surface area contributed by atoms with Gasteiger partial charge in [-0.1, -0.05) is 63.2 Å². The highest BCUT2D eigenvalue weighted by Gasteiger charge is 2.43. The van der Waals surface area contributed by atoms with Crippen molar-refractivity contribution in [3.05, 3.63) is 137 Å². The van der Waals surface area contributed by atoms with Crippen LogP contribution in [0.15, 0.2) is 109 Å². The second-order valence-corrected chi connectivity index (χ2v) is 21.5. The van der Waals surface area contributed by atoms with Crippen LogP contribution in [0.3, 0.4) is 0 Å². The van der Waals surface area contributed by atoms with Crippen molar-refractivity contribution in [2.75, 3.05) is 76.3 Å². The van der Waals surface area contributed by atoms with E-state index in [9.17, 15) is 24.3 Å². The highest BCUT2D eigenvalue weighted by molar-refractivity contribution is 7.13. The molecule has 5 heterocycles. The number of thiazole rings is 1. The average molecular weight is 1070 g/mol. The summed E-state index contributed by atoms with van der Waals surface area (Å²) in [5.41, 5.74) is 10.0. The number of rotatable bonds is 23. The molecule has 0 aliphatic carbocycles. The zero-order chi connectivity index (χ0) is 54.3. The van der Waals surface area contributed by atoms with E-state index in [1.54, 1.807) is 29.9 Å². The molecule has 2 saturated heterocycles. The fraction of sp³-hybridized carbons (Fsp3) is 0.414. The normalized spacial score (nSPS) is 16.3. The molecule has 0 bridgehead atoms. The van der Waals surface area contributed by atoms with Crippen molar-refractivity contribution in [3.8, 4) is 21.7 Å².